The monoisotopic (exact) mass is 252 g/mol. The highest BCUT2D eigenvalue weighted by atomic mass is 19.1. The molecule has 0 saturated carbocycles. The van der Waals surface area contributed by atoms with Crippen LogP contribution in [-0.2, 0) is 0 Å². The van der Waals surface area contributed by atoms with E-state index in [0.29, 0.717) is 13.1 Å². The number of carboxylic acid groups (broad SMARTS) is 1. The minimum absolute atomic E-state index is 0.196. The molecule has 1 saturated heterocycles. The zero-order chi connectivity index (χ0) is 13.3. The summed E-state index contributed by atoms with van der Waals surface area (Å²) in [5.74, 6) is -0.167. The Balaban J connectivity index is 2.12. The van der Waals surface area contributed by atoms with Gasteiger partial charge in [0.2, 0.25) is 0 Å². The molecular weight excluding hydrogens is 235 g/mol. The Morgan fingerprint density at radius 2 is 2.06 bits per heavy atom. The number of likely N-dealkylation sites (tertiary alicyclic amines) is 1. The predicted molar refractivity (Wildman–Crippen MR) is 67.1 cm³/mol. The zero-order valence-corrected chi connectivity index (χ0v) is 10.3. The number of nitrogen functional groups attached to an aromatic ring is 1. The van der Waals surface area contributed by atoms with Crippen molar-refractivity contribution >= 4 is 11.8 Å². The third-order valence-electron chi connectivity index (χ3n) is 3.60. The molecule has 0 unspecified atom stereocenters. The summed E-state index contributed by atoms with van der Waals surface area (Å²) in [4.78, 5) is 12.2. The van der Waals surface area contributed by atoms with E-state index in [1.807, 2.05) is 6.07 Å². The van der Waals surface area contributed by atoms with Crippen LogP contribution in [0, 0.1) is 12.7 Å². The molecule has 1 aliphatic rings. The molecule has 3 N–H and O–H groups in total. The number of rotatable bonds is 1. The molecule has 0 aliphatic carbocycles. The molecule has 0 spiro atoms. The number of hydrogen-bond acceptors (Lipinski definition) is 2. The Labute approximate surface area is 105 Å². The van der Waals surface area contributed by atoms with Crippen LogP contribution in [0.15, 0.2) is 12.1 Å². The molecule has 0 radical (unpaired) electrons. The molecule has 1 aliphatic heterocycles. The summed E-state index contributed by atoms with van der Waals surface area (Å²) in [7, 11) is 0. The van der Waals surface area contributed by atoms with E-state index in [4.69, 9.17) is 10.8 Å². The van der Waals surface area contributed by atoms with Crippen molar-refractivity contribution in [1.82, 2.24) is 4.90 Å². The number of halogens is 1. The van der Waals surface area contributed by atoms with Crippen LogP contribution in [0.25, 0.3) is 0 Å². The van der Waals surface area contributed by atoms with Crippen LogP contribution < -0.4 is 5.73 Å². The Morgan fingerprint density at radius 3 is 2.56 bits per heavy atom. The SMILES string of the molecule is Cc1cc(C2CCN(C(=O)O)CC2)cc(F)c1N. The number of piperidine rings is 1. The maximum atomic E-state index is 13.6. The lowest BCUT2D eigenvalue weighted by Gasteiger charge is -2.30. The number of amides is 1. The summed E-state index contributed by atoms with van der Waals surface area (Å²) in [5, 5.41) is 8.87. The first-order valence-corrected chi connectivity index (χ1v) is 6.02. The summed E-state index contributed by atoms with van der Waals surface area (Å²) in [6, 6.07) is 3.38. The molecule has 1 aromatic rings. The number of aryl methyl sites for hydroxylation is 1. The van der Waals surface area contributed by atoms with Gasteiger partial charge in [0.1, 0.15) is 5.82 Å². The first-order chi connectivity index (χ1) is 8.49. The molecular formula is C13H17FN2O2. The number of nitrogens with two attached hydrogens (primary N) is 1. The van der Waals surface area contributed by atoms with E-state index >= 15 is 0 Å². The number of anilines is 1. The van der Waals surface area contributed by atoms with Crippen molar-refractivity contribution in [3.05, 3.63) is 29.1 Å². The minimum atomic E-state index is -0.881. The molecule has 0 bridgehead atoms. The Kier molecular flexibility index (Phi) is 3.41. The van der Waals surface area contributed by atoms with E-state index in [9.17, 15) is 9.18 Å². The van der Waals surface area contributed by atoms with Crippen molar-refractivity contribution in [1.29, 1.82) is 0 Å². The van der Waals surface area contributed by atoms with Crippen LogP contribution >= 0.6 is 0 Å². The number of nitrogens with zero attached hydrogens (tertiary/aromatic N) is 1. The highest BCUT2D eigenvalue weighted by Gasteiger charge is 2.24. The largest absolute Gasteiger partial charge is 0.465 e. The van der Waals surface area contributed by atoms with Gasteiger partial charge in [-0.2, -0.15) is 0 Å². The van der Waals surface area contributed by atoms with Gasteiger partial charge in [-0.15, -0.1) is 0 Å². The predicted octanol–water partition coefficient (Wildman–Crippen LogP) is 2.57. The van der Waals surface area contributed by atoms with Gasteiger partial charge >= 0.3 is 6.09 Å². The van der Waals surface area contributed by atoms with Crippen LogP contribution in [-0.4, -0.2) is 29.2 Å². The molecule has 18 heavy (non-hydrogen) atoms. The Bertz CT molecular complexity index is 445. The van der Waals surface area contributed by atoms with Gasteiger partial charge in [0.15, 0.2) is 0 Å². The average molecular weight is 252 g/mol. The molecule has 4 nitrogen and oxygen atoms in total. The summed E-state index contributed by atoms with van der Waals surface area (Å²) >= 11 is 0. The first-order valence-electron chi connectivity index (χ1n) is 6.02. The number of carbonyl (C=O) groups is 1. The fourth-order valence-electron chi connectivity index (χ4n) is 2.42. The molecule has 2 rings (SSSR count). The van der Waals surface area contributed by atoms with Gasteiger partial charge < -0.3 is 15.7 Å². The summed E-state index contributed by atoms with van der Waals surface area (Å²) < 4.78 is 13.6. The van der Waals surface area contributed by atoms with E-state index in [1.54, 1.807) is 6.92 Å². The Hall–Kier alpha value is -1.78. The third kappa shape index (κ3) is 2.39. The van der Waals surface area contributed by atoms with Crippen molar-refractivity contribution in [2.24, 2.45) is 0 Å². The van der Waals surface area contributed by atoms with Crippen LogP contribution in [0.3, 0.4) is 0 Å². The summed E-state index contributed by atoms with van der Waals surface area (Å²) in [5.41, 5.74) is 7.44. The van der Waals surface area contributed by atoms with Gasteiger partial charge in [-0.25, -0.2) is 9.18 Å². The van der Waals surface area contributed by atoms with Crippen molar-refractivity contribution in [3.8, 4) is 0 Å². The van der Waals surface area contributed by atoms with Crippen molar-refractivity contribution in [2.45, 2.75) is 25.7 Å². The maximum Gasteiger partial charge on any atom is 0.407 e. The third-order valence-corrected chi connectivity index (χ3v) is 3.60. The van der Waals surface area contributed by atoms with Crippen LogP contribution in [0.1, 0.15) is 29.9 Å². The molecule has 1 heterocycles. The second kappa shape index (κ2) is 4.84. The first kappa shape index (κ1) is 12.7. The number of benzene rings is 1. The van der Waals surface area contributed by atoms with Crippen molar-refractivity contribution in [3.63, 3.8) is 0 Å². The lowest BCUT2D eigenvalue weighted by molar-refractivity contribution is 0.132. The van der Waals surface area contributed by atoms with E-state index in [0.717, 1.165) is 24.0 Å². The summed E-state index contributed by atoms with van der Waals surface area (Å²) in [6.07, 6.45) is 0.581. The van der Waals surface area contributed by atoms with Gasteiger partial charge in [0.05, 0.1) is 5.69 Å². The van der Waals surface area contributed by atoms with Gasteiger partial charge in [-0.05, 0) is 42.9 Å². The van der Waals surface area contributed by atoms with Crippen LogP contribution in [0.2, 0.25) is 0 Å². The zero-order valence-electron chi connectivity index (χ0n) is 10.3. The topological polar surface area (TPSA) is 66.6 Å². The summed E-state index contributed by atoms with van der Waals surface area (Å²) in [6.45, 7) is 2.80. The van der Waals surface area contributed by atoms with Gasteiger partial charge in [-0.3, -0.25) is 0 Å². The second-order valence-corrected chi connectivity index (χ2v) is 4.78. The molecule has 98 valence electrons. The average Bonchev–Trinajstić information content (AvgIpc) is 2.35. The van der Waals surface area contributed by atoms with E-state index < -0.39 is 6.09 Å². The molecule has 0 aromatic heterocycles. The minimum Gasteiger partial charge on any atom is -0.465 e. The second-order valence-electron chi connectivity index (χ2n) is 4.78. The molecule has 1 amide bonds. The van der Waals surface area contributed by atoms with E-state index in [-0.39, 0.29) is 17.4 Å². The highest BCUT2D eigenvalue weighted by Crippen LogP contribution is 2.31. The maximum absolute atomic E-state index is 13.6. The molecule has 0 atom stereocenters. The van der Waals surface area contributed by atoms with Crippen LogP contribution in [0.5, 0.6) is 0 Å². The van der Waals surface area contributed by atoms with Crippen molar-refractivity contribution < 1.29 is 14.3 Å². The smallest absolute Gasteiger partial charge is 0.407 e. The lowest BCUT2D eigenvalue weighted by atomic mass is 9.88. The fourth-order valence-corrected chi connectivity index (χ4v) is 2.42. The Morgan fingerprint density at radius 1 is 1.44 bits per heavy atom. The van der Waals surface area contributed by atoms with Crippen LogP contribution in [0.4, 0.5) is 14.9 Å². The fraction of sp³-hybridized carbons (Fsp3) is 0.462. The van der Waals surface area contributed by atoms with E-state index in [1.165, 1.54) is 11.0 Å². The van der Waals surface area contributed by atoms with E-state index in [2.05, 4.69) is 0 Å². The standard InChI is InChI=1S/C13H17FN2O2/c1-8-6-10(7-11(14)12(8)15)9-2-4-16(5-3-9)13(17)18/h6-7,9H,2-5,15H2,1H3,(H,17,18). The lowest BCUT2D eigenvalue weighted by Crippen LogP contribution is -2.36. The normalized spacial score (nSPS) is 16.9. The number of hydrogen-bond donors (Lipinski definition) is 2. The quantitative estimate of drug-likeness (QED) is 0.755. The highest BCUT2D eigenvalue weighted by molar-refractivity contribution is 5.65. The molecule has 5 heteroatoms. The molecule has 1 aromatic carbocycles. The van der Waals surface area contributed by atoms with Crippen molar-refractivity contribution in [2.75, 3.05) is 18.8 Å². The van der Waals surface area contributed by atoms with Gasteiger partial charge in [0.25, 0.3) is 0 Å². The van der Waals surface area contributed by atoms with Gasteiger partial charge in [0, 0.05) is 13.1 Å². The van der Waals surface area contributed by atoms with Gasteiger partial charge in [-0.1, -0.05) is 6.07 Å². The molecule has 1 fully saturated rings.